The van der Waals surface area contributed by atoms with E-state index in [2.05, 4.69) is 5.10 Å². The Morgan fingerprint density at radius 3 is 3.00 bits per heavy atom. The van der Waals surface area contributed by atoms with Gasteiger partial charge in [0.1, 0.15) is 0 Å². The Balaban J connectivity index is 2.43. The molecule has 0 fully saturated rings. The lowest BCUT2D eigenvalue weighted by Crippen LogP contribution is -2.10. The summed E-state index contributed by atoms with van der Waals surface area (Å²) in [4.78, 5) is 11.1. The van der Waals surface area contributed by atoms with Crippen LogP contribution < -0.4 is 0 Å². The molecular formula is C7H9ClN2O. The van der Waals surface area contributed by atoms with Crippen LogP contribution in [-0.4, -0.2) is 21.6 Å². The quantitative estimate of drug-likeness (QED) is 0.649. The molecule has 0 saturated carbocycles. The van der Waals surface area contributed by atoms with Gasteiger partial charge < -0.3 is 0 Å². The van der Waals surface area contributed by atoms with Gasteiger partial charge in [-0.15, -0.1) is 11.6 Å². The molecule has 0 N–H and O–H groups in total. The molecule has 1 aromatic heterocycles. The topological polar surface area (TPSA) is 34.9 Å². The fourth-order valence-electron chi connectivity index (χ4n) is 0.749. The molecule has 1 heterocycles. The number of hydrogen-bond acceptors (Lipinski definition) is 2. The number of hydrogen-bond donors (Lipinski definition) is 0. The van der Waals surface area contributed by atoms with Gasteiger partial charge in [-0.3, -0.25) is 4.79 Å². The maximum absolute atomic E-state index is 11.1. The summed E-state index contributed by atoms with van der Waals surface area (Å²) < 4.78 is 1.33. The summed E-state index contributed by atoms with van der Waals surface area (Å²) in [6.45, 7) is 0. The van der Waals surface area contributed by atoms with Gasteiger partial charge in [-0.1, -0.05) is 0 Å². The van der Waals surface area contributed by atoms with Gasteiger partial charge >= 0.3 is 0 Å². The van der Waals surface area contributed by atoms with E-state index in [-0.39, 0.29) is 5.91 Å². The van der Waals surface area contributed by atoms with Crippen LogP contribution in [0.15, 0.2) is 18.5 Å². The van der Waals surface area contributed by atoms with Crippen LogP contribution in [0.25, 0.3) is 0 Å². The molecule has 0 atom stereocenters. The van der Waals surface area contributed by atoms with Gasteiger partial charge in [-0.25, -0.2) is 4.68 Å². The number of alkyl halides is 1. The maximum atomic E-state index is 11.1. The van der Waals surface area contributed by atoms with Crippen molar-refractivity contribution in [2.45, 2.75) is 12.8 Å². The molecule has 0 aliphatic heterocycles. The smallest absolute Gasteiger partial charge is 0.246 e. The van der Waals surface area contributed by atoms with Crippen molar-refractivity contribution in [1.29, 1.82) is 0 Å². The molecule has 0 aliphatic rings. The van der Waals surface area contributed by atoms with Crippen molar-refractivity contribution in [3.8, 4) is 0 Å². The predicted octanol–water partition coefficient (Wildman–Crippen LogP) is 1.54. The van der Waals surface area contributed by atoms with Crippen LogP contribution in [-0.2, 0) is 0 Å². The molecule has 0 unspecified atom stereocenters. The van der Waals surface area contributed by atoms with Gasteiger partial charge in [0.25, 0.3) is 0 Å². The lowest BCUT2D eigenvalue weighted by Gasteiger charge is -1.96. The average molecular weight is 173 g/mol. The molecule has 0 spiro atoms. The van der Waals surface area contributed by atoms with Gasteiger partial charge in [-0.2, -0.15) is 5.10 Å². The summed E-state index contributed by atoms with van der Waals surface area (Å²) in [7, 11) is 0. The lowest BCUT2D eigenvalue weighted by molar-refractivity contribution is 0.0886. The first-order chi connectivity index (χ1) is 5.34. The van der Waals surface area contributed by atoms with E-state index in [1.54, 1.807) is 18.5 Å². The average Bonchev–Trinajstić information content (AvgIpc) is 2.52. The molecule has 4 heteroatoms. The molecule has 0 radical (unpaired) electrons. The molecule has 11 heavy (non-hydrogen) atoms. The minimum atomic E-state index is -0.00403. The number of aromatic nitrogens is 2. The summed E-state index contributed by atoms with van der Waals surface area (Å²) in [5.41, 5.74) is 0. The van der Waals surface area contributed by atoms with E-state index in [0.717, 1.165) is 0 Å². The fraction of sp³-hybridized carbons (Fsp3) is 0.429. The third-order valence-electron chi connectivity index (χ3n) is 1.28. The van der Waals surface area contributed by atoms with E-state index in [1.165, 1.54) is 4.68 Å². The second-order valence-electron chi connectivity index (χ2n) is 2.14. The van der Waals surface area contributed by atoms with Gasteiger partial charge in [0.05, 0.1) is 0 Å². The molecule has 3 nitrogen and oxygen atoms in total. The molecule has 0 amide bonds. The summed E-state index contributed by atoms with van der Waals surface area (Å²) >= 11 is 5.43. The minimum absolute atomic E-state index is 0.00403. The number of nitrogens with zero attached hydrogens (tertiary/aromatic N) is 2. The highest BCUT2D eigenvalue weighted by molar-refractivity contribution is 6.17. The van der Waals surface area contributed by atoms with Crippen LogP contribution in [0.4, 0.5) is 0 Å². The van der Waals surface area contributed by atoms with Crippen molar-refractivity contribution in [2.24, 2.45) is 0 Å². The molecule has 0 bridgehead atoms. The van der Waals surface area contributed by atoms with Gasteiger partial charge in [0.15, 0.2) is 0 Å². The summed E-state index contributed by atoms with van der Waals surface area (Å²) in [6.07, 6.45) is 4.39. The number of rotatable bonds is 3. The standard InChI is InChI=1S/C7H9ClN2O/c8-4-1-3-7(11)10-6-2-5-9-10/h2,5-6H,1,3-4H2. The van der Waals surface area contributed by atoms with E-state index in [1.807, 2.05) is 0 Å². The monoisotopic (exact) mass is 172 g/mol. The summed E-state index contributed by atoms with van der Waals surface area (Å²) in [6, 6.07) is 1.72. The Hall–Kier alpha value is -0.830. The van der Waals surface area contributed by atoms with Crippen LogP contribution in [0.2, 0.25) is 0 Å². The SMILES string of the molecule is O=C(CCCCl)n1cccn1. The predicted molar refractivity (Wildman–Crippen MR) is 42.8 cm³/mol. The Morgan fingerprint density at radius 1 is 1.64 bits per heavy atom. The first-order valence-corrected chi connectivity index (χ1v) is 3.97. The maximum Gasteiger partial charge on any atom is 0.246 e. The number of carbonyl (C=O) groups is 1. The highest BCUT2D eigenvalue weighted by Gasteiger charge is 2.02. The Labute approximate surface area is 70.0 Å². The molecule has 1 aromatic rings. The van der Waals surface area contributed by atoms with Crippen LogP contribution in [0.3, 0.4) is 0 Å². The molecule has 0 aromatic carbocycles. The van der Waals surface area contributed by atoms with Crippen molar-refractivity contribution in [3.05, 3.63) is 18.5 Å². The van der Waals surface area contributed by atoms with E-state index >= 15 is 0 Å². The van der Waals surface area contributed by atoms with E-state index < -0.39 is 0 Å². The zero-order valence-electron chi connectivity index (χ0n) is 6.03. The minimum Gasteiger partial charge on any atom is -0.273 e. The molecule has 0 aliphatic carbocycles. The summed E-state index contributed by atoms with van der Waals surface area (Å²) in [5.74, 6) is 0.517. The van der Waals surface area contributed by atoms with Crippen molar-refractivity contribution in [1.82, 2.24) is 9.78 Å². The lowest BCUT2D eigenvalue weighted by atomic mass is 10.3. The van der Waals surface area contributed by atoms with E-state index in [4.69, 9.17) is 11.6 Å². The molecular weight excluding hydrogens is 164 g/mol. The van der Waals surface area contributed by atoms with Gasteiger partial charge in [0, 0.05) is 24.7 Å². The van der Waals surface area contributed by atoms with Gasteiger partial charge in [-0.05, 0) is 12.5 Å². The van der Waals surface area contributed by atoms with Crippen molar-refractivity contribution >= 4 is 17.5 Å². The number of halogens is 1. The Bertz CT molecular complexity index is 220. The van der Waals surface area contributed by atoms with Crippen molar-refractivity contribution in [2.75, 3.05) is 5.88 Å². The van der Waals surface area contributed by atoms with Crippen LogP contribution in [0.5, 0.6) is 0 Å². The zero-order valence-corrected chi connectivity index (χ0v) is 6.79. The summed E-state index contributed by atoms with van der Waals surface area (Å²) in [5, 5.41) is 3.79. The van der Waals surface area contributed by atoms with E-state index in [9.17, 15) is 4.79 Å². The molecule has 1 rings (SSSR count). The normalized spacial score (nSPS) is 9.91. The molecule has 0 saturated heterocycles. The van der Waals surface area contributed by atoms with Crippen molar-refractivity contribution < 1.29 is 4.79 Å². The van der Waals surface area contributed by atoms with Crippen LogP contribution >= 0.6 is 11.6 Å². The highest BCUT2D eigenvalue weighted by atomic mass is 35.5. The van der Waals surface area contributed by atoms with Gasteiger partial charge in [0.2, 0.25) is 5.91 Å². The molecule has 60 valence electrons. The Kier molecular flexibility index (Phi) is 3.11. The Morgan fingerprint density at radius 2 is 2.45 bits per heavy atom. The fourth-order valence-corrected chi connectivity index (χ4v) is 0.883. The number of carbonyl (C=O) groups excluding carboxylic acids is 1. The second kappa shape index (κ2) is 4.13. The first-order valence-electron chi connectivity index (χ1n) is 3.43. The zero-order chi connectivity index (χ0) is 8.10. The van der Waals surface area contributed by atoms with Crippen molar-refractivity contribution in [3.63, 3.8) is 0 Å². The third-order valence-corrected chi connectivity index (χ3v) is 1.55. The van der Waals surface area contributed by atoms with Crippen LogP contribution in [0.1, 0.15) is 17.6 Å². The third kappa shape index (κ3) is 2.35. The first kappa shape index (κ1) is 8.27. The highest BCUT2D eigenvalue weighted by Crippen LogP contribution is 1.95. The van der Waals surface area contributed by atoms with Crippen LogP contribution in [0, 0.1) is 0 Å². The second-order valence-corrected chi connectivity index (χ2v) is 2.51. The largest absolute Gasteiger partial charge is 0.273 e. The van der Waals surface area contributed by atoms with E-state index in [0.29, 0.717) is 18.7 Å².